The highest BCUT2D eigenvalue weighted by Gasteiger charge is 2.22. The van der Waals surface area contributed by atoms with Gasteiger partial charge in [-0.25, -0.2) is 0 Å². The number of carbonyl (C=O) groups is 1. The number of rotatable bonds is 1. The molecule has 4 nitrogen and oxygen atoms in total. The molecule has 0 amide bonds. The standard InChI is InChI=1S/C11H11O3P.CH2O/c1-8-6-7-9-4-2-3-5-10(9)11(8)15(12,13)14;1-2/h2-7H,1H3,(H2,12,13,14);1H2. The SMILES string of the molecule is C=O.Cc1ccc2ccccc2c1P(=O)(O)O. The molecule has 17 heavy (non-hydrogen) atoms. The van der Waals surface area contributed by atoms with E-state index in [9.17, 15) is 14.4 Å². The molecule has 0 aliphatic carbocycles. The smallest absolute Gasteiger partial charge is 0.321 e. The van der Waals surface area contributed by atoms with Crippen molar-refractivity contribution in [3.05, 3.63) is 42.0 Å². The first kappa shape index (κ1) is 13.6. The van der Waals surface area contributed by atoms with Crippen LogP contribution in [0.15, 0.2) is 36.4 Å². The van der Waals surface area contributed by atoms with E-state index in [0.29, 0.717) is 10.9 Å². The normalized spacial score (nSPS) is 10.8. The maximum Gasteiger partial charge on any atom is 0.357 e. The summed E-state index contributed by atoms with van der Waals surface area (Å²) in [5.41, 5.74) is 0.627. The second kappa shape index (κ2) is 5.23. The Kier molecular flexibility index (Phi) is 4.18. The Morgan fingerprint density at radius 3 is 2.24 bits per heavy atom. The third kappa shape index (κ3) is 2.80. The first-order valence-corrected chi connectivity index (χ1v) is 6.45. The van der Waals surface area contributed by atoms with Gasteiger partial charge in [-0.15, -0.1) is 0 Å². The Morgan fingerprint density at radius 1 is 1.06 bits per heavy atom. The Labute approximate surface area is 99.1 Å². The average molecular weight is 252 g/mol. The third-order valence-electron chi connectivity index (χ3n) is 2.39. The fraction of sp³-hybridized carbons (Fsp3) is 0.0833. The van der Waals surface area contributed by atoms with Gasteiger partial charge in [-0.3, -0.25) is 4.57 Å². The molecule has 0 unspecified atom stereocenters. The molecule has 2 rings (SSSR count). The summed E-state index contributed by atoms with van der Waals surface area (Å²) in [7, 11) is -4.20. The van der Waals surface area contributed by atoms with Crippen LogP contribution in [0.1, 0.15) is 5.56 Å². The van der Waals surface area contributed by atoms with Crippen molar-refractivity contribution in [1.29, 1.82) is 0 Å². The second-order valence-corrected chi connectivity index (χ2v) is 5.03. The average Bonchev–Trinajstić information content (AvgIpc) is 2.29. The summed E-state index contributed by atoms with van der Waals surface area (Å²) in [5.74, 6) is 0. The maximum atomic E-state index is 11.4. The number of hydrogen-bond donors (Lipinski definition) is 2. The van der Waals surface area contributed by atoms with E-state index in [4.69, 9.17) is 4.79 Å². The number of benzene rings is 2. The van der Waals surface area contributed by atoms with Crippen molar-refractivity contribution in [3.63, 3.8) is 0 Å². The van der Waals surface area contributed by atoms with Gasteiger partial charge in [0.05, 0.1) is 5.30 Å². The number of carbonyl (C=O) groups excluding carboxylic acids is 1. The molecule has 0 bridgehead atoms. The quantitative estimate of drug-likeness (QED) is 0.758. The minimum absolute atomic E-state index is 0.139. The van der Waals surface area contributed by atoms with Crippen molar-refractivity contribution >= 4 is 30.5 Å². The van der Waals surface area contributed by atoms with Crippen LogP contribution >= 0.6 is 7.60 Å². The first-order chi connectivity index (χ1) is 8.00. The molecular weight excluding hydrogens is 239 g/mol. The summed E-state index contributed by atoms with van der Waals surface area (Å²) in [6.07, 6.45) is 0. The van der Waals surface area contributed by atoms with Crippen molar-refractivity contribution < 1.29 is 19.1 Å². The van der Waals surface area contributed by atoms with Gasteiger partial charge in [0, 0.05) is 0 Å². The van der Waals surface area contributed by atoms with Gasteiger partial charge in [0.1, 0.15) is 6.79 Å². The van der Waals surface area contributed by atoms with E-state index in [1.165, 1.54) is 0 Å². The summed E-state index contributed by atoms with van der Waals surface area (Å²) >= 11 is 0. The molecule has 0 heterocycles. The lowest BCUT2D eigenvalue weighted by Crippen LogP contribution is -2.09. The minimum Gasteiger partial charge on any atom is -0.321 e. The zero-order chi connectivity index (χ0) is 13.1. The zero-order valence-electron chi connectivity index (χ0n) is 9.33. The van der Waals surface area contributed by atoms with Crippen LogP contribution < -0.4 is 5.30 Å². The van der Waals surface area contributed by atoms with Crippen molar-refractivity contribution in [2.75, 3.05) is 0 Å². The van der Waals surface area contributed by atoms with Crippen LogP contribution in [0, 0.1) is 6.92 Å². The molecule has 0 aliphatic heterocycles. The van der Waals surface area contributed by atoms with Crippen LogP contribution in [-0.2, 0) is 9.36 Å². The van der Waals surface area contributed by atoms with E-state index in [2.05, 4.69) is 0 Å². The van der Waals surface area contributed by atoms with Crippen molar-refractivity contribution in [2.24, 2.45) is 0 Å². The molecule has 0 atom stereocenters. The van der Waals surface area contributed by atoms with Crippen LogP contribution in [0.3, 0.4) is 0 Å². The molecule has 0 aromatic heterocycles. The van der Waals surface area contributed by atoms with Crippen molar-refractivity contribution in [1.82, 2.24) is 0 Å². The monoisotopic (exact) mass is 252 g/mol. The van der Waals surface area contributed by atoms with Gasteiger partial charge in [-0.2, -0.15) is 0 Å². The lowest BCUT2D eigenvalue weighted by molar-refractivity contribution is -0.0979. The fourth-order valence-electron chi connectivity index (χ4n) is 1.75. The molecule has 0 aliphatic rings. The zero-order valence-corrected chi connectivity index (χ0v) is 10.2. The number of fused-ring (bicyclic) bond motifs is 1. The molecule has 2 aromatic rings. The molecule has 0 saturated heterocycles. The highest BCUT2D eigenvalue weighted by molar-refractivity contribution is 7.61. The highest BCUT2D eigenvalue weighted by atomic mass is 31.2. The number of hydrogen-bond acceptors (Lipinski definition) is 2. The maximum absolute atomic E-state index is 11.4. The molecule has 0 spiro atoms. The lowest BCUT2D eigenvalue weighted by Gasteiger charge is -2.11. The summed E-state index contributed by atoms with van der Waals surface area (Å²) < 4.78 is 11.4. The minimum atomic E-state index is -4.20. The van der Waals surface area contributed by atoms with Crippen LogP contribution in [0.4, 0.5) is 0 Å². The third-order valence-corrected chi connectivity index (χ3v) is 3.57. The topological polar surface area (TPSA) is 74.6 Å². The Balaban J connectivity index is 0.000000686. The van der Waals surface area contributed by atoms with Gasteiger partial charge in [0.15, 0.2) is 0 Å². The van der Waals surface area contributed by atoms with E-state index >= 15 is 0 Å². The second-order valence-electron chi connectivity index (χ2n) is 3.50. The van der Waals surface area contributed by atoms with Gasteiger partial charge in [0.25, 0.3) is 0 Å². The van der Waals surface area contributed by atoms with Gasteiger partial charge in [-0.05, 0) is 23.3 Å². The fourth-order valence-corrected chi connectivity index (χ4v) is 2.80. The van der Waals surface area contributed by atoms with Gasteiger partial charge in [0.2, 0.25) is 0 Å². The number of aryl methyl sites for hydroxylation is 1. The molecule has 2 aromatic carbocycles. The summed E-state index contributed by atoms with van der Waals surface area (Å²) in [4.78, 5) is 26.6. The molecule has 0 saturated carbocycles. The summed E-state index contributed by atoms with van der Waals surface area (Å²) in [6, 6.07) is 10.8. The van der Waals surface area contributed by atoms with Gasteiger partial charge in [-0.1, -0.05) is 36.4 Å². The van der Waals surface area contributed by atoms with Crippen LogP contribution in [0.2, 0.25) is 0 Å². The highest BCUT2D eigenvalue weighted by Crippen LogP contribution is 2.37. The van der Waals surface area contributed by atoms with Crippen LogP contribution in [0.5, 0.6) is 0 Å². The summed E-state index contributed by atoms with van der Waals surface area (Å²) in [5, 5.41) is 1.62. The van der Waals surface area contributed by atoms with E-state index in [1.54, 1.807) is 25.1 Å². The molecular formula is C12H13O4P. The van der Waals surface area contributed by atoms with Crippen molar-refractivity contribution in [3.8, 4) is 0 Å². The molecule has 0 fully saturated rings. The molecule has 0 radical (unpaired) electrons. The molecule has 2 N–H and O–H groups in total. The van der Waals surface area contributed by atoms with E-state index in [0.717, 1.165) is 5.39 Å². The lowest BCUT2D eigenvalue weighted by atomic mass is 10.1. The molecule has 5 heteroatoms. The summed E-state index contributed by atoms with van der Waals surface area (Å²) in [6.45, 7) is 3.71. The van der Waals surface area contributed by atoms with Crippen molar-refractivity contribution in [2.45, 2.75) is 6.92 Å². The van der Waals surface area contributed by atoms with Gasteiger partial charge >= 0.3 is 7.60 Å². The largest absolute Gasteiger partial charge is 0.357 e. The predicted molar refractivity (Wildman–Crippen MR) is 67.5 cm³/mol. The van der Waals surface area contributed by atoms with Crippen LogP contribution in [-0.4, -0.2) is 16.6 Å². The van der Waals surface area contributed by atoms with E-state index in [1.807, 2.05) is 25.0 Å². The van der Waals surface area contributed by atoms with E-state index in [-0.39, 0.29) is 5.30 Å². The van der Waals surface area contributed by atoms with Gasteiger partial charge < -0.3 is 14.6 Å². The Bertz CT molecular complexity index is 574. The molecule has 90 valence electrons. The predicted octanol–water partition coefficient (Wildman–Crippen LogP) is 1.77. The van der Waals surface area contributed by atoms with E-state index < -0.39 is 7.60 Å². The van der Waals surface area contributed by atoms with Crippen LogP contribution in [0.25, 0.3) is 10.8 Å². The first-order valence-electron chi connectivity index (χ1n) is 4.83. The Hall–Kier alpha value is -1.48. The Morgan fingerprint density at radius 2 is 1.65 bits per heavy atom.